The Labute approximate surface area is 285 Å². The molecule has 49 heavy (non-hydrogen) atoms. The molecule has 1 N–H and O–H groups in total. The van der Waals surface area contributed by atoms with Crippen LogP contribution < -0.4 is 5.32 Å². The molecule has 2 aliphatic heterocycles. The Hall–Kier alpha value is -5.11. The van der Waals surface area contributed by atoms with Gasteiger partial charge in [0.15, 0.2) is 11.6 Å². The molecule has 0 atom stereocenters. The number of hydrogen-bond donors (Lipinski definition) is 1. The minimum absolute atomic E-state index is 0.0441. The number of carbonyl (C=O) groups excluding carboxylic acids is 5. The molecule has 2 fully saturated rings. The Bertz CT molecular complexity index is 1920. The highest BCUT2D eigenvalue weighted by Gasteiger charge is 2.32. The van der Waals surface area contributed by atoms with Crippen LogP contribution in [0.1, 0.15) is 87.4 Å². The van der Waals surface area contributed by atoms with Crippen LogP contribution in [-0.2, 0) is 4.74 Å². The molecule has 14 nitrogen and oxygen atoms in total. The Balaban J connectivity index is 0.000000199. The van der Waals surface area contributed by atoms with Crippen LogP contribution in [-0.4, -0.2) is 121 Å². The highest BCUT2D eigenvalue weighted by Crippen LogP contribution is 2.26. The van der Waals surface area contributed by atoms with Gasteiger partial charge in [-0.05, 0) is 83.9 Å². The summed E-state index contributed by atoms with van der Waals surface area (Å²) in [7, 11) is 0. The van der Waals surface area contributed by atoms with E-state index in [-0.39, 0.29) is 29.5 Å². The van der Waals surface area contributed by atoms with Gasteiger partial charge in [-0.3, -0.25) is 19.2 Å². The number of hydrogen-bond acceptors (Lipinski definition) is 9. The third-order valence-electron chi connectivity index (χ3n) is 8.63. The predicted octanol–water partition coefficient (Wildman–Crippen LogP) is 3.43. The van der Waals surface area contributed by atoms with Crippen LogP contribution in [0.4, 0.5) is 4.79 Å². The number of nitrogens with zero attached hydrogens (tertiary/aromatic N) is 7. The molecule has 0 unspecified atom stereocenters. The molecule has 4 aromatic rings. The Morgan fingerprint density at radius 1 is 0.673 bits per heavy atom. The summed E-state index contributed by atoms with van der Waals surface area (Å²) in [5.41, 5.74) is 4.11. The van der Waals surface area contributed by atoms with E-state index >= 15 is 0 Å². The van der Waals surface area contributed by atoms with E-state index < -0.39 is 5.60 Å². The average Bonchev–Trinajstić information content (AvgIpc) is 3.54. The van der Waals surface area contributed by atoms with E-state index in [1.165, 1.54) is 18.4 Å². The van der Waals surface area contributed by atoms with Gasteiger partial charge in [0.1, 0.15) is 17.0 Å². The smallest absolute Gasteiger partial charge is 0.410 e. The van der Waals surface area contributed by atoms with Crippen LogP contribution in [0.3, 0.4) is 0 Å². The summed E-state index contributed by atoms with van der Waals surface area (Å²) in [5, 5.41) is 11.8. The van der Waals surface area contributed by atoms with Crippen LogP contribution in [0.2, 0.25) is 0 Å². The second-order valence-electron chi connectivity index (χ2n) is 13.3. The first kappa shape index (κ1) is 35.2. The molecular formula is C35H44N8O6. The first-order chi connectivity index (χ1) is 23.2. The molecule has 4 aromatic heterocycles. The summed E-state index contributed by atoms with van der Waals surface area (Å²) in [6.07, 6.45) is 2.85. The van der Waals surface area contributed by atoms with Crippen molar-refractivity contribution in [3.8, 4) is 0 Å². The lowest BCUT2D eigenvalue weighted by molar-refractivity contribution is 0.0139. The number of ether oxygens (including phenoxy) is 1. The van der Waals surface area contributed by atoms with Gasteiger partial charge in [0.05, 0.1) is 11.0 Å². The fourth-order valence-corrected chi connectivity index (χ4v) is 6.39. The number of Topliss-reactive ketones (excluding diaryl/α,β-unsaturated/α-hetero) is 2. The lowest BCUT2D eigenvalue weighted by atomic mass is 10.1. The van der Waals surface area contributed by atoms with Gasteiger partial charge in [0.25, 0.3) is 11.8 Å². The zero-order valence-corrected chi connectivity index (χ0v) is 29.2. The molecular weight excluding hydrogens is 628 g/mol. The van der Waals surface area contributed by atoms with Crippen molar-refractivity contribution in [1.29, 1.82) is 0 Å². The SMILES string of the molecule is CC(=O)c1c(C)c(C(=O)N2CCN(C(=O)OC(C)(C)C)CC2)n2ncccc12.CC(=O)c1c(C)c(C(=O)N2CCNCC2)n2ncccc12. The maximum absolute atomic E-state index is 13.2. The molecule has 2 saturated heterocycles. The second kappa shape index (κ2) is 14.2. The van der Waals surface area contributed by atoms with Gasteiger partial charge in [-0.1, -0.05) is 0 Å². The van der Waals surface area contributed by atoms with Crippen molar-refractivity contribution in [2.24, 2.45) is 0 Å². The molecule has 6 heterocycles. The number of amides is 3. The monoisotopic (exact) mass is 672 g/mol. The lowest BCUT2D eigenvalue weighted by Gasteiger charge is -2.35. The van der Waals surface area contributed by atoms with Gasteiger partial charge in [-0.15, -0.1) is 0 Å². The fourth-order valence-electron chi connectivity index (χ4n) is 6.39. The Morgan fingerprint density at radius 2 is 1.08 bits per heavy atom. The first-order valence-corrected chi connectivity index (χ1v) is 16.4. The third kappa shape index (κ3) is 7.19. The summed E-state index contributed by atoms with van der Waals surface area (Å²) in [6.45, 7) is 16.6. The third-order valence-corrected chi connectivity index (χ3v) is 8.63. The zero-order chi connectivity index (χ0) is 35.6. The van der Waals surface area contributed by atoms with Crippen molar-refractivity contribution in [3.63, 3.8) is 0 Å². The van der Waals surface area contributed by atoms with Gasteiger partial charge < -0.3 is 24.8 Å². The first-order valence-electron chi connectivity index (χ1n) is 16.4. The number of nitrogens with one attached hydrogen (secondary N) is 1. The Morgan fingerprint density at radius 3 is 1.49 bits per heavy atom. The number of carbonyl (C=O) groups is 5. The molecule has 3 amide bonds. The highest BCUT2D eigenvalue weighted by atomic mass is 16.6. The van der Waals surface area contributed by atoms with E-state index in [2.05, 4.69) is 15.5 Å². The van der Waals surface area contributed by atoms with Crippen LogP contribution >= 0.6 is 0 Å². The largest absolute Gasteiger partial charge is 0.444 e. The van der Waals surface area contributed by atoms with Gasteiger partial charge in [-0.25, -0.2) is 13.8 Å². The van der Waals surface area contributed by atoms with Gasteiger partial charge >= 0.3 is 6.09 Å². The molecule has 0 spiro atoms. The van der Waals surface area contributed by atoms with Crippen LogP contribution in [0.5, 0.6) is 0 Å². The van der Waals surface area contributed by atoms with Crippen LogP contribution in [0, 0.1) is 13.8 Å². The molecule has 2 aliphatic rings. The van der Waals surface area contributed by atoms with Crippen LogP contribution in [0.25, 0.3) is 11.0 Å². The number of fused-ring (bicyclic) bond motifs is 2. The van der Waals surface area contributed by atoms with Crippen molar-refractivity contribution in [1.82, 2.24) is 39.2 Å². The van der Waals surface area contributed by atoms with Gasteiger partial charge in [0.2, 0.25) is 0 Å². The molecule has 6 rings (SSSR count). The zero-order valence-electron chi connectivity index (χ0n) is 29.2. The molecule has 0 radical (unpaired) electrons. The van der Waals surface area contributed by atoms with Gasteiger partial charge in [0, 0.05) is 75.9 Å². The highest BCUT2D eigenvalue weighted by molar-refractivity contribution is 6.08. The molecule has 260 valence electrons. The fraction of sp³-hybridized carbons (Fsp3) is 0.457. The van der Waals surface area contributed by atoms with E-state index in [9.17, 15) is 24.0 Å². The summed E-state index contributed by atoms with van der Waals surface area (Å²) < 4.78 is 8.53. The van der Waals surface area contributed by atoms with Crippen molar-refractivity contribution in [2.75, 3.05) is 52.4 Å². The topological polar surface area (TPSA) is 151 Å². The minimum atomic E-state index is -0.555. The lowest BCUT2D eigenvalue weighted by Crippen LogP contribution is -2.51. The maximum atomic E-state index is 13.2. The molecule has 0 aliphatic carbocycles. The van der Waals surface area contributed by atoms with Crippen LogP contribution in [0.15, 0.2) is 36.7 Å². The average molecular weight is 673 g/mol. The quantitative estimate of drug-likeness (QED) is 0.322. The van der Waals surface area contributed by atoms with E-state index in [1.54, 1.807) is 51.8 Å². The van der Waals surface area contributed by atoms with E-state index in [0.717, 1.165) is 13.1 Å². The summed E-state index contributed by atoms with van der Waals surface area (Å²) in [6, 6.07) is 7.13. The minimum Gasteiger partial charge on any atom is -0.444 e. The normalized spacial score (nSPS) is 15.2. The number of piperazine rings is 2. The predicted molar refractivity (Wildman–Crippen MR) is 182 cm³/mol. The molecule has 0 saturated carbocycles. The summed E-state index contributed by atoms with van der Waals surface area (Å²) in [5.74, 6) is -0.396. The van der Waals surface area contributed by atoms with Crippen molar-refractivity contribution >= 4 is 40.5 Å². The van der Waals surface area contributed by atoms with E-state index in [4.69, 9.17) is 4.74 Å². The van der Waals surface area contributed by atoms with E-state index in [1.807, 2.05) is 38.7 Å². The van der Waals surface area contributed by atoms with Crippen molar-refractivity contribution < 1.29 is 28.7 Å². The number of ketones is 2. The van der Waals surface area contributed by atoms with E-state index in [0.29, 0.717) is 83.9 Å². The number of rotatable bonds is 4. The standard InChI is InChI=1S/C20H26N4O4.C15H18N4O2/c1-13-16(14(2)25)15-7-6-8-21-24(15)17(13)18(26)22-9-11-23(12-10-22)19(27)28-20(3,4)5;1-10-13(11(2)20)12-4-3-5-17-19(12)14(10)15(21)18-8-6-16-7-9-18/h6-8H,9-12H2,1-5H3;3-5,16H,6-9H2,1-2H3. The van der Waals surface area contributed by atoms with Gasteiger partial charge in [-0.2, -0.15) is 10.2 Å². The maximum Gasteiger partial charge on any atom is 0.410 e. The van der Waals surface area contributed by atoms with Crippen molar-refractivity contribution in [2.45, 2.75) is 54.1 Å². The molecule has 0 bridgehead atoms. The molecule has 14 heteroatoms. The summed E-state index contributed by atoms with van der Waals surface area (Å²) >= 11 is 0. The second-order valence-corrected chi connectivity index (χ2v) is 13.3. The number of aromatic nitrogens is 4. The summed E-state index contributed by atoms with van der Waals surface area (Å²) in [4.78, 5) is 67.3. The van der Waals surface area contributed by atoms with Crippen molar-refractivity contribution in [3.05, 3.63) is 70.3 Å². The molecule has 0 aromatic carbocycles. The Kier molecular flexibility index (Phi) is 10.2.